The molecule has 0 bridgehead atoms. The summed E-state index contributed by atoms with van der Waals surface area (Å²) in [5.74, 6) is -0.494. The van der Waals surface area contributed by atoms with Crippen LogP contribution in [0.15, 0.2) is 23.1 Å². The summed E-state index contributed by atoms with van der Waals surface area (Å²) in [6, 6.07) is 4.19. The summed E-state index contributed by atoms with van der Waals surface area (Å²) in [7, 11) is -2.52. The first-order valence-corrected chi connectivity index (χ1v) is 8.17. The normalized spacial score (nSPS) is 12.8. The number of benzene rings is 1. The number of methoxy groups -OCH3 is 1. The Balaban J connectivity index is 3.15. The van der Waals surface area contributed by atoms with Gasteiger partial charge in [0.25, 0.3) is 10.0 Å². The highest BCUT2D eigenvalue weighted by atomic mass is 35.5. The van der Waals surface area contributed by atoms with E-state index in [1.54, 1.807) is 13.8 Å². The topological polar surface area (TPSA) is 81.7 Å². The lowest BCUT2D eigenvalue weighted by Gasteiger charge is -2.17. The van der Waals surface area contributed by atoms with Crippen molar-refractivity contribution in [2.75, 3.05) is 13.7 Å². The quantitative estimate of drug-likeness (QED) is 0.823. The van der Waals surface area contributed by atoms with Gasteiger partial charge in [0.1, 0.15) is 16.7 Å². The van der Waals surface area contributed by atoms with Crippen LogP contribution in [-0.2, 0) is 19.6 Å². The van der Waals surface area contributed by atoms with Crippen molar-refractivity contribution in [2.24, 2.45) is 0 Å². The average molecular weight is 336 g/mol. The van der Waals surface area contributed by atoms with E-state index in [1.807, 2.05) is 4.72 Å². The number of halogens is 1. The molecule has 1 amide bonds. The molecule has 6 nitrogen and oxygen atoms in total. The average Bonchev–Trinajstić information content (AvgIpc) is 2.40. The van der Waals surface area contributed by atoms with Crippen molar-refractivity contribution in [1.29, 1.82) is 0 Å². The SMILES string of the molecule is CCC(=O)NS(=O)(=O)c1cc(Cl)ccc1OC(C)COC. The Kier molecular flexibility index (Phi) is 6.44. The van der Waals surface area contributed by atoms with E-state index in [1.165, 1.54) is 25.3 Å². The van der Waals surface area contributed by atoms with Gasteiger partial charge in [-0.3, -0.25) is 4.79 Å². The summed E-state index contributed by atoms with van der Waals surface area (Å²) < 4.78 is 36.8. The zero-order valence-electron chi connectivity index (χ0n) is 12.1. The first-order chi connectivity index (χ1) is 9.80. The number of carbonyl (C=O) groups excluding carboxylic acids is 1. The Morgan fingerprint density at radius 3 is 2.67 bits per heavy atom. The van der Waals surface area contributed by atoms with Gasteiger partial charge >= 0.3 is 0 Å². The highest BCUT2D eigenvalue weighted by Gasteiger charge is 2.23. The molecule has 0 aliphatic heterocycles. The molecule has 0 aliphatic carbocycles. The monoisotopic (exact) mass is 335 g/mol. The summed E-state index contributed by atoms with van der Waals surface area (Å²) in [5.41, 5.74) is 0. The summed E-state index contributed by atoms with van der Waals surface area (Å²) in [4.78, 5) is 11.2. The molecular formula is C13H18ClNO5S. The molecule has 1 N–H and O–H groups in total. The maximum atomic E-state index is 12.2. The highest BCUT2D eigenvalue weighted by Crippen LogP contribution is 2.28. The fraction of sp³-hybridized carbons (Fsp3) is 0.462. The Morgan fingerprint density at radius 2 is 2.10 bits per heavy atom. The van der Waals surface area contributed by atoms with Crippen molar-refractivity contribution in [3.8, 4) is 5.75 Å². The first kappa shape index (κ1) is 17.7. The van der Waals surface area contributed by atoms with E-state index in [-0.39, 0.29) is 28.2 Å². The van der Waals surface area contributed by atoms with Crippen LogP contribution in [0.3, 0.4) is 0 Å². The molecule has 1 rings (SSSR count). The molecule has 8 heteroatoms. The molecule has 0 heterocycles. The third kappa shape index (κ3) is 5.18. The molecule has 0 radical (unpaired) electrons. The Bertz CT molecular complexity index is 603. The second-order valence-electron chi connectivity index (χ2n) is 4.36. The fourth-order valence-corrected chi connectivity index (χ4v) is 3.01. The van der Waals surface area contributed by atoms with Crippen molar-refractivity contribution >= 4 is 27.5 Å². The van der Waals surface area contributed by atoms with Crippen molar-refractivity contribution in [3.63, 3.8) is 0 Å². The number of hydrogen-bond donors (Lipinski definition) is 1. The predicted molar refractivity (Wildman–Crippen MR) is 79.0 cm³/mol. The van der Waals surface area contributed by atoms with Crippen LogP contribution in [0.25, 0.3) is 0 Å². The van der Waals surface area contributed by atoms with Crippen LogP contribution in [0.4, 0.5) is 0 Å². The second kappa shape index (κ2) is 7.63. The molecule has 21 heavy (non-hydrogen) atoms. The number of nitrogens with one attached hydrogen (secondary N) is 1. The van der Waals surface area contributed by atoms with E-state index in [2.05, 4.69) is 0 Å². The van der Waals surface area contributed by atoms with Crippen molar-refractivity contribution in [1.82, 2.24) is 4.72 Å². The van der Waals surface area contributed by atoms with Crippen LogP contribution in [0.1, 0.15) is 20.3 Å². The second-order valence-corrected chi connectivity index (χ2v) is 6.44. The smallest absolute Gasteiger partial charge is 0.267 e. The van der Waals surface area contributed by atoms with Gasteiger partial charge in [0.05, 0.1) is 6.61 Å². The van der Waals surface area contributed by atoms with Gasteiger partial charge < -0.3 is 9.47 Å². The number of ether oxygens (including phenoxy) is 2. The minimum Gasteiger partial charge on any atom is -0.487 e. The largest absolute Gasteiger partial charge is 0.487 e. The van der Waals surface area contributed by atoms with Gasteiger partial charge in [0.2, 0.25) is 5.91 Å². The van der Waals surface area contributed by atoms with Crippen LogP contribution in [0.2, 0.25) is 5.02 Å². The molecule has 1 atom stereocenters. The summed E-state index contributed by atoms with van der Waals surface area (Å²) in [6.07, 6.45) is -0.303. The Morgan fingerprint density at radius 1 is 1.43 bits per heavy atom. The highest BCUT2D eigenvalue weighted by molar-refractivity contribution is 7.90. The van der Waals surface area contributed by atoms with E-state index < -0.39 is 15.9 Å². The maximum Gasteiger partial charge on any atom is 0.267 e. The number of carbonyl (C=O) groups is 1. The standard InChI is InChI=1S/C13H18ClNO5S/c1-4-13(16)15-21(17,18)12-7-10(14)5-6-11(12)20-9(2)8-19-3/h5-7,9H,4,8H2,1-3H3,(H,15,16). The van der Waals surface area contributed by atoms with Crippen LogP contribution >= 0.6 is 11.6 Å². The van der Waals surface area contributed by atoms with E-state index in [0.29, 0.717) is 6.61 Å². The van der Waals surface area contributed by atoms with Gasteiger partial charge in [0.15, 0.2) is 0 Å². The maximum absolute atomic E-state index is 12.2. The van der Waals surface area contributed by atoms with Crippen molar-refractivity contribution in [3.05, 3.63) is 23.2 Å². The molecule has 1 aromatic rings. The molecule has 0 aliphatic rings. The van der Waals surface area contributed by atoms with Gasteiger partial charge in [0, 0.05) is 18.6 Å². The van der Waals surface area contributed by atoms with Gasteiger partial charge in [-0.15, -0.1) is 0 Å². The molecule has 1 unspecified atom stereocenters. The minimum atomic E-state index is -4.04. The number of rotatable bonds is 7. The zero-order valence-corrected chi connectivity index (χ0v) is 13.6. The van der Waals surface area contributed by atoms with Crippen LogP contribution in [0.5, 0.6) is 5.75 Å². The van der Waals surface area contributed by atoms with Gasteiger partial charge in [-0.2, -0.15) is 0 Å². The fourth-order valence-electron chi connectivity index (χ4n) is 1.55. The molecule has 0 saturated carbocycles. The van der Waals surface area contributed by atoms with Crippen molar-refractivity contribution in [2.45, 2.75) is 31.3 Å². The van der Waals surface area contributed by atoms with Gasteiger partial charge in [-0.25, -0.2) is 13.1 Å². The first-order valence-electron chi connectivity index (χ1n) is 6.31. The third-order valence-electron chi connectivity index (χ3n) is 2.49. The van der Waals surface area contributed by atoms with E-state index in [9.17, 15) is 13.2 Å². The molecule has 0 saturated heterocycles. The van der Waals surface area contributed by atoms with Gasteiger partial charge in [-0.05, 0) is 25.1 Å². The Hall–Kier alpha value is -1.31. The van der Waals surface area contributed by atoms with Crippen molar-refractivity contribution < 1.29 is 22.7 Å². The van der Waals surface area contributed by atoms with Crippen LogP contribution in [0, 0.1) is 0 Å². The molecule has 118 valence electrons. The lowest BCUT2D eigenvalue weighted by atomic mass is 10.3. The lowest BCUT2D eigenvalue weighted by molar-refractivity contribution is -0.119. The van der Waals surface area contributed by atoms with Crippen LogP contribution < -0.4 is 9.46 Å². The summed E-state index contributed by atoms with van der Waals surface area (Å²) in [5, 5.41) is 0.228. The molecule has 0 aromatic heterocycles. The Labute approximate surface area is 129 Å². The predicted octanol–water partition coefficient (Wildman–Crippen LogP) is 1.97. The summed E-state index contributed by atoms with van der Waals surface area (Å²) in [6.45, 7) is 3.59. The molecular weight excluding hydrogens is 318 g/mol. The van der Waals surface area contributed by atoms with E-state index in [4.69, 9.17) is 21.1 Å². The number of sulfonamides is 1. The minimum absolute atomic E-state index is 0.0517. The van der Waals surface area contributed by atoms with Crippen LogP contribution in [-0.4, -0.2) is 34.1 Å². The summed E-state index contributed by atoms with van der Waals surface area (Å²) >= 11 is 5.83. The molecule has 1 aromatic carbocycles. The van der Waals surface area contributed by atoms with E-state index >= 15 is 0 Å². The lowest BCUT2D eigenvalue weighted by Crippen LogP contribution is -2.30. The number of amides is 1. The van der Waals surface area contributed by atoms with E-state index in [0.717, 1.165) is 0 Å². The van der Waals surface area contributed by atoms with Gasteiger partial charge in [-0.1, -0.05) is 18.5 Å². The number of hydrogen-bond acceptors (Lipinski definition) is 5. The molecule has 0 spiro atoms. The zero-order chi connectivity index (χ0) is 16.0. The molecule has 0 fully saturated rings. The third-order valence-corrected chi connectivity index (χ3v) is 4.12.